The third-order valence-corrected chi connectivity index (χ3v) is 4.68. The molecule has 0 unspecified atom stereocenters. The zero-order valence-corrected chi connectivity index (χ0v) is 14.2. The fourth-order valence-electron chi connectivity index (χ4n) is 3.22. The Morgan fingerprint density at radius 2 is 1.33 bits per heavy atom. The molecule has 0 radical (unpaired) electrons. The summed E-state index contributed by atoms with van der Waals surface area (Å²) in [4.78, 5) is 11.8. The summed E-state index contributed by atoms with van der Waals surface area (Å²) in [6, 6.07) is 0. The van der Waals surface area contributed by atoms with Crippen LogP contribution in [0.25, 0.3) is 0 Å². The Kier molecular flexibility index (Phi) is 11.6. The van der Waals surface area contributed by atoms with E-state index in [9.17, 15) is 4.79 Å². The maximum absolute atomic E-state index is 11.8. The second kappa shape index (κ2) is 13.2. The molecule has 2 heteroatoms. The fourth-order valence-corrected chi connectivity index (χ4v) is 3.22. The number of ether oxygens (including phenoxy) is 1. The minimum atomic E-state index is 0.0747. The second-order valence-corrected chi connectivity index (χ2v) is 6.68. The van der Waals surface area contributed by atoms with Crippen LogP contribution in [-0.2, 0) is 9.53 Å². The van der Waals surface area contributed by atoms with E-state index in [0.717, 1.165) is 19.3 Å². The molecule has 0 saturated heterocycles. The number of carbonyl (C=O) groups excluding carboxylic acids is 1. The van der Waals surface area contributed by atoms with Gasteiger partial charge in [-0.15, -0.1) is 0 Å². The van der Waals surface area contributed by atoms with Gasteiger partial charge in [-0.1, -0.05) is 84.0 Å². The van der Waals surface area contributed by atoms with Gasteiger partial charge in [0.25, 0.3) is 0 Å². The van der Waals surface area contributed by atoms with Crippen molar-refractivity contribution in [3.05, 3.63) is 0 Å². The van der Waals surface area contributed by atoms with Gasteiger partial charge >= 0.3 is 5.97 Å². The van der Waals surface area contributed by atoms with Gasteiger partial charge < -0.3 is 4.74 Å². The Hall–Kier alpha value is -0.530. The van der Waals surface area contributed by atoms with E-state index in [1.54, 1.807) is 0 Å². The van der Waals surface area contributed by atoms with Crippen molar-refractivity contribution in [2.75, 3.05) is 6.61 Å². The Bertz CT molecular complexity index is 244. The van der Waals surface area contributed by atoms with Gasteiger partial charge in [-0.2, -0.15) is 0 Å². The molecular weight excluding hydrogens is 260 g/mol. The number of hydrogen-bond donors (Lipinski definition) is 0. The van der Waals surface area contributed by atoms with Crippen LogP contribution >= 0.6 is 0 Å². The van der Waals surface area contributed by atoms with Crippen molar-refractivity contribution in [2.45, 2.75) is 103 Å². The van der Waals surface area contributed by atoms with Gasteiger partial charge in [0, 0.05) is 0 Å². The first-order valence-electron chi connectivity index (χ1n) is 9.51. The number of esters is 1. The van der Waals surface area contributed by atoms with E-state index >= 15 is 0 Å². The van der Waals surface area contributed by atoms with Crippen molar-refractivity contribution in [1.29, 1.82) is 0 Å². The van der Waals surface area contributed by atoms with E-state index in [0.29, 0.717) is 6.61 Å². The number of carbonyl (C=O) groups is 1. The van der Waals surface area contributed by atoms with Crippen molar-refractivity contribution in [1.82, 2.24) is 0 Å². The summed E-state index contributed by atoms with van der Waals surface area (Å²) in [7, 11) is 0. The summed E-state index contributed by atoms with van der Waals surface area (Å²) in [6.07, 6.45) is 19.1. The highest BCUT2D eigenvalue weighted by molar-refractivity contribution is 5.72. The minimum Gasteiger partial charge on any atom is -0.465 e. The lowest BCUT2D eigenvalue weighted by Gasteiger charge is -2.19. The predicted octanol–water partition coefficient (Wildman–Crippen LogP) is 6.03. The summed E-state index contributed by atoms with van der Waals surface area (Å²) in [6.45, 7) is 2.91. The molecule has 2 nitrogen and oxygen atoms in total. The van der Waals surface area contributed by atoms with E-state index in [2.05, 4.69) is 6.92 Å². The molecule has 21 heavy (non-hydrogen) atoms. The van der Waals surface area contributed by atoms with E-state index in [4.69, 9.17) is 4.74 Å². The van der Waals surface area contributed by atoms with Crippen LogP contribution in [0.5, 0.6) is 0 Å². The van der Waals surface area contributed by atoms with Crippen molar-refractivity contribution in [3.8, 4) is 0 Å². The van der Waals surface area contributed by atoms with Crippen LogP contribution in [0.3, 0.4) is 0 Å². The topological polar surface area (TPSA) is 26.3 Å². The van der Waals surface area contributed by atoms with E-state index in [1.807, 2.05) is 0 Å². The molecular formula is C19H36O2. The van der Waals surface area contributed by atoms with Crippen LogP contribution in [0.2, 0.25) is 0 Å². The van der Waals surface area contributed by atoms with E-state index < -0.39 is 0 Å². The molecule has 124 valence electrons. The van der Waals surface area contributed by atoms with Gasteiger partial charge in [0.05, 0.1) is 12.5 Å². The zero-order valence-electron chi connectivity index (χ0n) is 14.2. The lowest BCUT2D eigenvalue weighted by atomic mass is 9.89. The van der Waals surface area contributed by atoms with Gasteiger partial charge in [0.2, 0.25) is 0 Å². The molecule has 1 aliphatic rings. The first-order valence-corrected chi connectivity index (χ1v) is 9.51. The van der Waals surface area contributed by atoms with Gasteiger partial charge in [-0.05, 0) is 19.3 Å². The predicted molar refractivity (Wildman–Crippen MR) is 89.4 cm³/mol. The molecule has 0 aromatic rings. The molecule has 1 fully saturated rings. The highest BCUT2D eigenvalue weighted by atomic mass is 16.5. The minimum absolute atomic E-state index is 0.0747. The molecule has 0 spiro atoms. The molecule has 0 bridgehead atoms. The maximum atomic E-state index is 11.8. The molecule has 0 heterocycles. The van der Waals surface area contributed by atoms with E-state index in [-0.39, 0.29) is 11.9 Å². The third-order valence-electron chi connectivity index (χ3n) is 4.68. The van der Waals surface area contributed by atoms with Crippen molar-refractivity contribution in [3.63, 3.8) is 0 Å². The fraction of sp³-hybridized carbons (Fsp3) is 0.947. The van der Waals surface area contributed by atoms with E-state index in [1.165, 1.54) is 77.0 Å². The largest absolute Gasteiger partial charge is 0.465 e. The zero-order chi connectivity index (χ0) is 15.2. The average Bonchev–Trinajstić information content (AvgIpc) is 2.53. The second-order valence-electron chi connectivity index (χ2n) is 6.68. The first kappa shape index (κ1) is 18.5. The van der Waals surface area contributed by atoms with Gasteiger partial charge in [-0.3, -0.25) is 4.79 Å². The van der Waals surface area contributed by atoms with Crippen LogP contribution in [0, 0.1) is 5.92 Å². The quantitative estimate of drug-likeness (QED) is 0.324. The summed E-state index contributed by atoms with van der Waals surface area (Å²) in [5.41, 5.74) is 0. The molecule has 1 rings (SSSR count). The summed E-state index contributed by atoms with van der Waals surface area (Å²) in [5, 5.41) is 0. The molecule has 0 aliphatic heterocycles. The lowest BCUT2D eigenvalue weighted by molar-refractivity contribution is -0.149. The number of hydrogen-bond acceptors (Lipinski definition) is 2. The molecule has 0 aromatic carbocycles. The number of unbranched alkanes of at least 4 members (excludes halogenated alkanes) is 9. The Morgan fingerprint density at radius 3 is 1.90 bits per heavy atom. The van der Waals surface area contributed by atoms with Gasteiger partial charge in [0.1, 0.15) is 0 Å². The highest BCUT2D eigenvalue weighted by Gasteiger charge is 2.21. The summed E-state index contributed by atoms with van der Waals surface area (Å²) < 4.78 is 5.41. The Morgan fingerprint density at radius 1 is 0.810 bits per heavy atom. The Labute approximate surface area is 132 Å². The molecule has 0 amide bonds. The third kappa shape index (κ3) is 9.92. The summed E-state index contributed by atoms with van der Waals surface area (Å²) >= 11 is 0. The smallest absolute Gasteiger partial charge is 0.308 e. The van der Waals surface area contributed by atoms with Gasteiger partial charge in [-0.25, -0.2) is 0 Å². The standard InChI is InChI=1S/C19H36O2/c1-2-3-4-5-6-7-8-9-10-14-17-21-19(20)18-15-12-11-13-16-18/h18H,2-17H2,1H3. The van der Waals surface area contributed by atoms with Crippen molar-refractivity contribution < 1.29 is 9.53 Å². The lowest BCUT2D eigenvalue weighted by Crippen LogP contribution is -2.20. The molecule has 1 aliphatic carbocycles. The molecule has 0 N–H and O–H groups in total. The van der Waals surface area contributed by atoms with Crippen LogP contribution in [0.4, 0.5) is 0 Å². The molecule has 0 aromatic heterocycles. The van der Waals surface area contributed by atoms with Crippen molar-refractivity contribution >= 4 is 5.97 Å². The average molecular weight is 296 g/mol. The maximum Gasteiger partial charge on any atom is 0.308 e. The van der Waals surface area contributed by atoms with Crippen molar-refractivity contribution in [2.24, 2.45) is 5.92 Å². The monoisotopic (exact) mass is 296 g/mol. The Balaban J connectivity index is 1.80. The first-order chi connectivity index (χ1) is 10.3. The van der Waals surface area contributed by atoms with Crippen LogP contribution < -0.4 is 0 Å². The normalized spacial score (nSPS) is 16.0. The van der Waals surface area contributed by atoms with Crippen LogP contribution in [-0.4, -0.2) is 12.6 Å². The molecule has 1 saturated carbocycles. The molecule has 0 atom stereocenters. The summed E-state index contributed by atoms with van der Waals surface area (Å²) in [5.74, 6) is 0.285. The van der Waals surface area contributed by atoms with Crippen LogP contribution in [0.1, 0.15) is 103 Å². The van der Waals surface area contributed by atoms with Crippen LogP contribution in [0.15, 0.2) is 0 Å². The number of rotatable bonds is 12. The highest BCUT2D eigenvalue weighted by Crippen LogP contribution is 2.24. The SMILES string of the molecule is CCCCCCCCCCCCOC(=O)C1CCCCC1. The van der Waals surface area contributed by atoms with Gasteiger partial charge in [0.15, 0.2) is 0 Å².